The minimum atomic E-state index is -0.218. The van der Waals surface area contributed by atoms with Crippen molar-refractivity contribution < 1.29 is 4.39 Å². The van der Waals surface area contributed by atoms with Gasteiger partial charge < -0.3 is 4.90 Å². The van der Waals surface area contributed by atoms with Gasteiger partial charge in [0.1, 0.15) is 5.83 Å². The number of nitrogens with one attached hydrogen (secondary N) is 1. The first-order valence-electron chi connectivity index (χ1n) is 7.38. The number of benzene rings is 1. The lowest BCUT2D eigenvalue weighted by Gasteiger charge is -2.28. The van der Waals surface area contributed by atoms with Crippen LogP contribution in [0.5, 0.6) is 0 Å². The first-order chi connectivity index (χ1) is 10.7. The summed E-state index contributed by atoms with van der Waals surface area (Å²) in [5.41, 5.74) is 4.73. The number of likely N-dealkylation sites (N-methyl/N-ethyl adjacent to an activating group) is 1. The maximum atomic E-state index is 14.4. The maximum Gasteiger partial charge on any atom is 0.147 e. The van der Waals surface area contributed by atoms with Crippen molar-refractivity contribution in [3.05, 3.63) is 71.4 Å². The monoisotopic (exact) mass is 293 g/mol. The molecule has 2 aliphatic rings. The smallest absolute Gasteiger partial charge is 0.147 e. The molecule has 4 heteroatoms. The topological polar surface area (TPSA) is 31.9 Å². The summed E-state index contributed by atoms with van der Waals surface area (Å²) in [6.07, 6.45) is 11.7. The molecule has 1 aromatic carbocycles. The van der Waals surface area contributed by atoms with Gasteiger partial charge >= 0.3 is 0 Å². The molecular formula is C18H16FN3. The number of halogens is 1. The highest BCUT2D eigenvalue weighted by atomic mass is 19.1. The predicted octanol–water partition coefficient (Wildman–Crippen LogP) is 4.31. The predicted molar refractivity (Wildman–Crippen MR) is 86.4 cm³/mol. The lowest BCUT2D eigenvalue weighted by molar-refractivity contribution is 0.562. The van der Waals surface area contributed by atoms with Crippen LogP contribution >= 0.6 is 0 Å². The van der Waals surface area contributed by atoms with Crippen LogP contribution in [-0.4, -0.2) is 22.1 Å². The van der Waals surface area contributed by atoms with Crippen molar-refractivity contribution in [2.45, 2.75) is 12.8 Å². The number of nitrogens with zero attached hydrogens (tertiary/aromatic N) is 2. The summed E-state index contributed by atoms with van der Waals surface area (Å²) in [5.74, 6) is -0.218. The van der Waals surface area contributed by atoms with Gasteiger partial charge in [0.25, 0.3) is 0 Å². The van der Waals surface area contributed by atoms with Gasteiger partial charge in [0.2, 0.25) is 0 Å². The largest absolute Gasteiger partial charge is 0.342 e. The number of fused-ring (bicyclic) bond motifs is 1. The van der Waals surface area contributed by atoms with Crippen molar-refractivity contribution in [2.75, 3.05) is 7.05 Å². The van der Waals surface area contributed by atoms with Crippen LogP contribution in [0, 0.1) is 0 Å². The number of aromatic nitrogens is 2. The molecule has 4 rings (SSSR count). The van der Waals surface area contributed by atoms with Crippen LogP contribution < -0.4 is 0 Å². The molecule has 0 bridgehead atoms. The molecule has 0 radical (unpaired) electrons. The van der Waals surface area contributed by atoms with Crippen molar-refractivity contribution in [3.63, 3.8) is 0 Å². The zero-order valence-corrected chi connectivity index (χ0v) is 12.3. The summed E-state index contributed by atoms with van der Waals surface area (Å²) in [5, 5.41) is 7.91. The average molecular weight is 293 g/mol. The molecule has 0 amide bonds. The average Bonchev–Trinajstić information content (AvgIpc) is 2.92. The Balaban J connectivity index is 1.77. The molecule has 1 aliphatic carbocycles. The Morgan fingerprint density at radius 1 is 1.32 bits per heavy atom. The molecule has 0 unspecified atom stereocenters. The highest BCUT2D eigenvalue weighted by Gasteiger charge is 2.20. The van der Waals surface area contributed by atoms with E-state index < -0.39 is 0 Å². The van der Waals surface area contributed by atoms with E-state index >= 15 is 0 Å². The molecule has 2 heterocycles. The lowest BCUT2D eigenvalue weighted by atomic mass is 9.96. The Hall–Kier alpha value is -2.62. The quantitative estimate of drug-likeness (QED) is 0.895. The normalized spacial score (nSPS) is 19.8. The maximum absolute atomic E-state index is 14.4. The van der Waals surface area contributed by atoms with Gasteiger partial charge in [-0.1, -0.05) is 12.1 Å². The first-order valence-corrected chi connectivity index (χ1v) is 7.38. The van der Waals surface area contributed by atoms with Gasteiger partial charge in [0.05, 0.1) is 17.4 Å². The van der Waals surface area contributed by atoms with Crippen LogP contribution in [0.3, 0.4) is 0 Å². The zero-order chi connectivity index (χ0) is 15.1. The standard InChI is InChI=1S/C18H16FN3/c1-22-15(9-12-3-2-4-12)6-7-16(19)18(22)13-5-8-17-14(10-13)11-20-21-17/h3,5-11H,2,4H2,1H3,(H,20,21)/b15-9-. The third-order valence-electron chi connectivity index (χ3n) is 4.24. The molecule has 110 valence electrons. The summed E-state index contributed by atoms with van der Waals surface area (Å²) in [4.78, 5) is 1.91. The van der Waals surface area contributed by atoms with Crippen LogP contribution in [0.1, 0.15) is 18.4 Å². The number of rotatable bonds is 2. The van der Waals surface area contributed by atoms with Gasteiger partial charge in [-0.15, -0.1) is 0 Å². The van der Waals surface area contributed by atoms with E-state index in [1.165, 1.54) is 5.57 Å². The highest BCUT2D eigenvalue weighted by molar-refractivity contribution is 5.84. The second-order valence-corrected chi connectivity index (χ2v) is 5.65. The molecule has 0 saturated carbocycles. The van der Waals surface area contributed by atoms with E-state index in [4.69, 9.17) is 0 Å². The van der Waals surface area contributed by atoms with Crippen molar-refractivity contribution >= 4 is 16.6 Å². The Bertz CT molecular complexity index is 867. The minimum absolute atomic E-state index is 0.218. The van der Waals surface area contributed by atoms with Gasteiger partial charge in [0.15, 0.2) is 0 Å². The van der Waals surface area contributed by atoms with E-state index in [2.05, 4.69) is 22.3 Å². The molecular weight excluding hydrogens is 277 g/mol. The third-order valence-corrected chi connectivity index (χ3v) is 4.24. The summed E-state index contributed by atoms with van der Waals surface area (Å²) < 4.78 is 14.4. The molecule has 1 N–H and O–H groups in total. The van der Waals surface area contributed by atoms with Crippen molar-refractivity contribution in [1.82, 2.24) is 15.1 Å². The van der Waals surface area contributed by atoms with Crippen LogP contribution in [0.4, 0.5) is 4.39 Å². The van der Waals surface area contributed by atoms with Crippen LogP contribution in [-0.2, 0) is 0 Å². The number of aromatic amines is 1. The van der Waals surface area contributed by atoms with E-state index in [9.17, 15) is 4.39 Å². The van der Waals surface area contributed by atoms with Crippen LogP contribution in [0.25, 0.3) is 16.6 Å². The van der Waals surface area contributed by atoms with Crippen LogP contribution in [0.2, 0.25) is 0 Å². The lowest BCUT2D eigenvalue weighted by Crippen LogP contribution is -2.19. The molecule has 22 heavy (non-hydrogen) atoms. The van der Waals surface area contributed by atoms with Crippen molar-refractivity contribution in [3.8, 4) is 0 Å². The van der Waals surface area contributed by atoms with E-state index in [0.29, 0.717) is 5.70 Å². The SMILES string of the molecule is CN1C(c2ccc3[nH]ncc3c2)=C(F)C=C/C1=C/C1=CCC1. The Kier molecular flexibility index (Phi) is 2.96. The third kappa shape index (κ3) is 2.08. The molecule has 0 fully saturated rings. The van der Waals surface area contributed by atoms with Gasteiger partial charge in [-0.05, 0) is 48.8 Å². The van der Waals surface area contributed by atoms with E-state index in [1.807, 2.05) is 36.2 Å². The van der Waals surface area contributed by atoms with E-state index in [-0.39, 0.29) is 5.83 Å². The summed E-state index contributed by atoms with van der Waals surface area (Å²) >= 11 is 0. The molecule has 1 aromatic heterocycles. The van der Waals surface area contributed by atoms with Crippen LogP contribution in [0.15, 0.2) is 65.8 Å². The molecule has 1 aliphatic heterocycles. The van der Waals surface area contributed by atoms with Crippen molar-refractivity contribution in [1.29, 1.82) is 0 Å². The Morgan fingerprint density at radius 3 is 2.95 bits per heavy atom. The van der Waals surface area contributed by atoms with Crippen molar-refractivity contribution in [2.24, 2.45) is 0 Å². The fraction of sp³-hybridized carbons (Fsp3) is 0.167. The van der Waals surface area contributed by atoms with E-state index in [0.717, 1.165) is 35.0 Å². The van der Waals surface area contributed by atoms with E-state index in [1.54, 1.807) is 12.3 Å². The summed E-state index contributed by atoms with van der Waals surface area (Å²) in [6.45, 7) is 0. The summed E-state index contributed by atoms with van der Waals surface area (Å²) in [6, 6.07) is 5.82. The molecule has 3 nitrogen and oxygen atoms in total. The number of H-pyrrole nitrogens is 1. The first kappa shape index (κ1) is 13.1. The number of hydrogen-bond acceptors (Lipinski definition) is 2. The second-order valence-electron chi connectivity index (χ2n) is 5.65. The molecule has 0 atom stereocenters. The fourth-order valence-electron chi connectivity index (χ4n) is 2.84. The van der Waals surface area contributed by atoms with Gasteiger partial charge in [-0.3, -0.25) is 5.10 Å². The fourth-order valence-corrected chi connectivity index (χ4v) is 2.84. The minimum Gasteiger partial charge on any atom is -0.342 e. The van der Waals surface area contributed by atoms with Gasteiger partial charge in [-0.2, -0.15) is 5.10 Å². The van der Waals surface area contributed by atoms with Gasteiger partial charge in [-0.25, -0.2) is 4.39 Å². The molecule has 0 spiro atoms. The number of allylic oxidation sites excluding steroid dienone is 6. The molecule has 2 aromatic rings. The second kappa shape index (κ2) is 4.98. The Labute approximate surface area is 128 Å². The summed E-state index contributed by atoms with van der Waals surface area (Å²) in [7, 11) is 1.91. The zero-order valence-electron chi connectivity index (χ0n) is 12.3. The molecule has 0 saturated heterocycles. The Morgan fingerprint density at radius 2 is 2.18 bits per heavy atom. The number of hydrogen-bond donors (Lipinski definition) is 1. The van der Waals surface area contributed by atoms with Gasteiger partial charge in [0, 0.05) is 23.7 Å². The highest BCUT2D eigenvalue weighted by Crippen LogP contribution is 2.34.